The topological polar surface area (TPSA) is 68.9 Å². The number of hydrogen-bond donors (Lipinski definition) is 1. The first-order valence-electron chi connectivity index (χ1n) is 10.4. The molecule has 2 aromatic carbocycles. The summed E-state index contributed by atoms with van der Waals surface area (Å²) in [6, 6.07) is 20.4. The van der Waals surface area contributed by atoms with Crippen molar-refractivity contribution >= 4 is 23.2 Å². The van der Waals surface area contributed by atoms with Crippen LogP contribution in [0.4, 0.5) is 5.69 Å². The Kier molecular flexibility index (Phi) is 6.52. The minimum Gasteiger partial charge on any atom is -0.321 e. The summed E-state index contributed by atoms with van der Waals surface area (Å²) in [5.74, 6) is -0.260. The van der Waals surface area contributed by atoms with Crippen LogP contribution in [0.3, 0.4) is 0 Å². The van der Waals surface area contributed by atoms with Gasteiger partial charge in [-0.2, -0.15) is 5.10 Å². The molecule has 4 aromatic rings. The maximum absolute atomic E-state index is 13.0. The Bertz CT molecular complexity index is 1290. The highest BCUT2D eigenvalue weighted by Gasteiger charge is 2.17. The number of aromatic nitrogens is 3. The monoisotopic (exact) mass is 446 g/mol. The summed E-state index contributed by atoms with van der Waals surface area (Å²) in [4.78, 5) is 25.3. The lowest BCUT2D eigenvalue weighted by molar-refractivity contribution is 0.102. The van der Waals surface area contributed by atoms with Crippen LogP contribution in [0.25, 0.3) is 0 Å². The molecule has 0 aliphatic carbocycles. The van der Waals surface area contributed by atoms with Gasteiger partial charge >= 0.3 is 0 Å². The molecule has 1 N–H and O–H groups in total. The molecule has 0 bridgehead atoms. The second kappa shape index (κ2) is 9.66. The van der Waals surface area contributed by atoms with E-state index in [0.717, 1.165) is 16.8 Å². The molecule has 0 saturated carbocycles. The van der Waals surface area contributed by atoms with Gasteiger partial charge in [-0.3, -0.25) is 14.3 Å². The first-order valence-corrected chi connectivity index (χ1v) is 10.8. The molecule has 0 fully saturated rings. The smallest absolute Gasteiger partial charge is 0.259 e. The van der Waals surface area contributed by atoms with Crippen molar-refractivity contribution < 1.29 is 4.79 Å². The van der Waals surface area contributed by atoms with Crippen molar-refractivity contribution in [2.75, 3.05) is 5.32 Å². The number of hydrogen-bond acceptors (Lipinski definition) is 3. The second-order valence-corrected chi connectivity index (χ2v) is 7.84. The fraction of sp³-hybridized carbons (Fsp3) is 0.160. The first-order chi connectivity index (χ1) is 15.5. The van der Waals surface area contributed by atoms with Gasteiger partial charge in [0.15, 0.2) is 0 Å². The molecule has 162 valence electrons. The number of carbonyl (C=O) groups is 1. The summed E-state index contributed by atoms with van der Waals surface area (Å²) >= 11 is 6.23. The van der Waals surface area contributed by atoms with E-state index >= 15 is 0 Å². The van der Waals surface area contributed by atoms with E-state index in [-0.39, 0.29) is 11.5 Å². The summed E-state index contributed by atoms with van der Waals surface area (Å²) in [5, 5.41) is 7.91. The standard InChI is InChI=1S/C25H23ClN4O2/c1-2-23-21(14-27-30(23)15-18-8-4-3-5-9-18)25(32)28-20-12-13-24(31)29(17-20)16-19-10-6-7-11-22(19)26/h3-14,17H,2,15-16H2,1H3,(H,28,32). The van der Waals surface area contributed by atoms with E-state index in [2.05, 4.69) is 10.4 Å². The zero-order valence-electron chi connectivity index (χ0n) is 17.7. The van der Waals surface area contributed by atoms with Crippen molar-refractivity contribution in [3.8, 4) is 0 Å². The van der Waals surface area contributed by atoms with Gasteiger partial charge in [0.05, 0.1) is 36.2 Å². The average Bonchev–Trinajstić information content (AvgIpc) is 3.21. The van der Waals surface area contributed by atoms with Gasteiger partial charge in [0, 0.05) is 17.3 Å². The van der Waals surface area contributed by atoms with E-state index in [0.29, 0.717) is 35.8 Å². The number of amides is 1. The molecule has 0 atom stereocenters. The highest BCUT2D eigenvalue weighted by atomic mass is 35.5. The van der Waals surface area contributed by atoms with Crippen LogP contribution in [0.1, 0.15) is 34.1 Å². The van der Waals surface area contributed by atoms with E-state index < -0.39 is 0 Å². The zero-order valence-corrected chi connectivity index (χ0v) is 18.4. The van der Waals surface area contributed by atoms with Crippen LogP contribution < -0.4 is 10.9 Å². The van der Waals surface area contributed by atoms with Crippen LogP contribution in [0.2, 0.25) is 5.02 Å². The normalized spacial score (nSPS) is 10.8. The Morgan fingerprint density at radius 1 is 1.00 bits per heavy atom. The highest BCUT2D eigenvalue weighted by molar-refractivity contribution is 6.31. The molecule has 0 radical (unpaired) electrons. The summed E-state index contributed by atoms with van der Waals surface area (Å²) in [6.07, 6.45) is 3.89. The number of pyridine rings is 1. The predicted octanol–water partition coefficient (Wildman–Crippen LogP) is 4.61. The number of anilines is 1. The maximum Gasteiger partial charge on any atom is 0.259 e. The minimum absolute atomic E-state index is 0.173. The van der Waals surface area contributed by atoms with Crippen molar-refractivity contribution in [3.63, 3.8) is 0 Å². The van der Waals surface area contributed by atoms with Crippen molar-refractivity contribution in [1.29, 1.82) is 0 Å². The van der Waals surface area contributed by atoms with Gasteiger partial charge in [-0.15, -0.1) is 0 Å². The van der Waals surface area contributed by atoms with Gasteiger partial charge < -0.3 is 9.88 Å². The highest BCUT2D eigenvalue weighted by Crippen LogP contribution is 2.17. The van der Waals surface area contributed by atoms with Crippen LogP contribution in [0, 0.1) is 0 Å². The Morgan fingerprint density at radius 3 is 2.50 bits per heavy atom. The van der Waals surface area contributed by atoms with Crippen LogP contribution >= 0.6 is 11.6 Å². The third kappa shape index (κ3) is 4.81. The van der Waals surface area contributed by atoms with Gasteiger partial charge in [0.25, 0.3) is 11.5 Å². The molecule has 0 aliphatic heterocycles. The SMILES string of the molecule is CCc1c(C(=O)Nc2ccc(=O)n(Cc3ccccc3Cl)c2)cnn1Cc1ccccc1. The lowest BCUT2D eigenvalue weighted by Gasteiger charge is -2.11. The summed E-state index contributed by atoms with van der Waals surface area (Å²) in [6.45, 7) is 2.91. The van der Waals surface area contributed by atoms with Gasteiger partial charge in [0.1, 0.15) is 0 Å². The zero-order chi connectivity index (χ0) is 22.5. The van der Waals surface area contributed by atoms with E-state index in [1.807, 2.05) is 60.1 Å². The van der Waals surface area contributed by atoms with Crippen molar-refractivity contribution in [2.24, 2.45) is 0 Å². The molecule has 32 heavy (non-hydrogen) atoms. The third-order valence-corrected chi connectivity index (χ3v) is 5.61. The summed E-state index contributed by atoms with van der Waals surface area (Å²) < 4.78 is 3.37. The predicted molar refractivity (Wildman–Crippen MR) is 126 cm³/mol. The number of rotatable bonds is 7. The van der Waals surface area contributed by atoms with Crippen LogP contribution in [0.5, 0.6) is 0 Å². The average molecular weight is 447 g/mol. The van der Waals surface area contributed by atoms with Crippen molar-refractivity contribution in [3.05, 3.63) is 117 Å². The van der Waals surface area contributed by atoms with Gasteiger partial charge in [0.2, 0.25) is 0 Å². The molecule has 6 nitrogen and oxygen atoms in total. The van der Waals surface area contributed by atoms with Gasteiger partial charge in [-0.1, -0.05) is 67.1 Å². The maximum atomic E-state index is 13.0. The molecule has 0 spiro atoms. The minimum atomic E-state index is -0.260. The van der Waals surface area contributed by atoms with Gasteiger partial charge in [-0.25, -0.2) is 0 Å². The lowest BCUT2D eigenvalue weighted by Crippen LogP contribution is -2.21. The van der Waals surface area contributed by atoms with Crippen molar-refractivity contribution in [2.45, 2.75) is 26.4 Å². The summed E-state index contributed by atoms with van der Waals surface area (Å²) in [5.41, 5.74) is 3.68. The molecule has 1 amide bonds. The van der Waals surface area contributed by atoms with E-state index in [4.69, 9.17) is 11.6 Å². The molecule has 2 heterocycles. The number of nitrogens with one attached hydrogen (secondary N) is 1. The molecule has 0 aliphatic rings. The lowest BCUT2D eigenvalue weighted by atomic mass is 10.1. The van der Waals surface area contributed by atoms with Crippen LogP contribution in [-0.4, -0.2) is 20.3 Å². The Morgan fingerprint density at radius 2 is 1.75 bits per heavy atom. The fourth-order valence-electron chi connectivity index (χ4n) is 3.60. The van der Waals surface area contributed by atoms with E-state index in [1.54, 1.807) is 24.5 Å². The van der Waals surface area contributed by atoms with Crippen molar-refractivity contribution in [1.82, 2.24) is 14.3 Å². The Hall–Kier alpha value is -3.64. The van der Waals surface area contributed by atoms with Crippen LogP contribution in [-0.2, 0) is 19.5 Å². The number of halogens is 1. The molecule has 0 unspecified atom stereocenters. The van der Waals surface area contributed by atoms with E-state index in [1.165, 1.54) is 10.6 Å². The molecule has 2 aromatic heterocycles. The molecule has 0 saturated heterocycles. The third-order valence-electron chi connectivity index (χ3n) is 5.24. The number of nitrogens with zero attached hydrogens (tertiary/aromatic N) is 3. The number of benzene rings is 2. The Labute approximate surface area is 191 Å². The molecule has 4 rings (SSSR count). The summed E-state index contributed by atoms with van der Waals surface area (Å²) in [7, 11) is 0. The fourth-order valence-corrected chi connectivity index (χ4v) is 3.80. The van der Waals surface area contributed by atoms with Gasteiger partial charge in [-0.05, 0) is 29.7 Å². The molecular weight excluding hydrogens is 424 g/mol. The molecular formula is C25H23ClN4O2. The quantitative estimate of drug-likeness (QED) is 0.450. The number of carbonyl (C=O) groups excluding carboxylic acids is 1. The Balaban J connectivity index is 1.54. The second-order valence-electron chi connectivity index (χ2n) is 7.43. The first kappa shape index (κ1) is 21.6. The largest absolute Gasteiger partial charge is 0.321 e. The van der Waals surface area contributed by atoms with E-state index in [9.17, 15) is 9.59 Å². The molecule has 7 heteroatoms. The van der Waals surface area contributed by atoms with Crippen LogP contribution in [0.15, 0.2) is 83.9 Å².